The van der Waals surface area contributed by atoms with E-state index in [-0.39, 0.29) is 0 Å². The summed E-state index contributed by atoms with van der Waals surface area (Å²) in [6.45, 7) is 0. The van der Waals surface area contributed by atoms with E-state index in [9.17, 15) is 0 Å². The van der Waals surface area contributed by atoms with E-state index in [0.29, 0.717) is 0 Å². The number of nitrogens with one attached hydrogen (secondary N) is 1. The number of pyridine rings is 1. The number of rotatable bonds is 1. The Kier molecular flexibility index (Phi) is 2.12. The number of hydrogen-bond donors (Lipinski definition) is 1. The van der Waals surface area contributed by atoms with Crippen molar-refractivity contribution in [3.63, 3.8) is 0 Å². The zero-order valence-electron chi connectivity index (χ0n) is 10.2. The van der Waals surface area contributed by atoms with E-state index in [0.717, 1.165) is 16.9 Å². The molecular weight excluding hydrogens is 234 g/mol. The molecule has 0 aliphatic carbocycles. The maximum Gasteiger partial charge on any atom is 0.156 e. The van der Waals surface area contributed by atoms with Crippen LogP contribution in [0.25, 0.3) is 33.1 Å². The second-order valence-electron chi connectivity index (χ2n) is 4.48. The number of aromatic amines is 1. The Labute approximate surface area is 110 Å². The average molecular weight is 245 g/mol. The number of nitrogens with zero attached hydrogens (tertiary/aromatic N) is 2. The fourth-order valence-electron chi connectivity index (χ4n) is 2.52. The predicted molar refractivity (Wildman–Crippen MR) is 76.8 cm³/mol. The van der Waals surface area contributed by atoms with Crippen LogP contribution in [0, 0.1) is 0 Å². The number of hydrogen-bond acceptors (Lipinski definition) is 2. The molecule has 0 radical (unpaired) electrons. The molecule has 0 saturated carbocycles. The summed E-state index contributed by atoms with van der Waals surface area (Å²) in [5.74, 6) is 0.807. The van der Waals surface area contributed by atoms with Gasteiger partial charge in [-0.3, -0.25) is 4.98 Å². The van der Waals surface area contributed by atoms with Crippen LogP contribution >= 0.6 is 0 Å². The van der Waals surface area contributed by atoms with Gasteiger partial charge in [0, 0.05) is 24.0 Å². The Bertz CT molecular complexity index is 864. The van der Waals surface area contributed by atoms with Crippen LogP contribution in [0.1, 0.15) is 0 Å². The number of fused-ring (bicyclic) bond motifs is 3. The van der Waals surface area contributed by atoms with E-state index >= 15 is 0 Å². The minimum Gasteiger partial charge on any atom is -0.343 e. The van der Waals surface area contributed by atoms with Crippen molar-refractivity contribution >= 4 is 21.5 Å². The number of benzene rings is 2. The van der Waals surface area contributed by atoms with Gasteiger partial charge in [-0.25, -0.2) is 4.98 Å². The van der Waals surface area contributed by atoms with Crippen molar-refractivity contribution in [2.24, 2.45) is 0 Å². The first-order chi connectivity index (χ1) is 9.43. The van der Waals surface area contributed by atoms with Gasteiger partial charge in [0.2, 0.25) is 0 Å². The van der Waals surface area contributed by atoms with Gasteiger partial charge < -0.3 is 4.98 Å². The van der Waals surface area contributed by atoms with E-state index < -0.39 is 0 Å². The molecule has 0 fully saturated rings. The highest BCUT2D eigenvalue weighted by Gasteiger charge is 2.10. The van der Waals surface area contributed by atoms with Crippen LogP contribution in [0.5, 0.6) is 0 Å². The average Bonchev–Trinajstić information content (AvgIpc) is 3.00. The molecule has 0 saturated heterocycles. The van der Waals surface area contributed by atoms with E-state index in [2.05, 4.69) is 51.4 Å². The molecule has 2 aromatic heterocycles. The zero-order valence-corrected chi connectivity index (χ0v) is 10.2. The maximum absolute atomic E-state index is 4.51. The minimum atomic E-state index is 0.807. The van der Waals surface area contributed by atoms with Gasteiger partial charge in [0.15, 0.2) is 5.82 Å². The second kappa shape index (κ2) is 3.92. The normalized spacial score (nSPS) is 11.2. The molecule has 4 rings (SSSR count). The van der Waals surface area contributed by atoms with E-state index in [1.165, 1.54) is 16.2 Å². The van der Waals surface area contributed by atoms with Crippen molar-refractivity contribution in [3.05, 3.63) is 61.1 Å². The van der Waals surface area contributed by atoms with E-state index in [1.807, 2.05) is 18.5 Å². The molecule has 2 heterocycles. The van der Waals surface area contributed by atoms with Crippen molar-refractivity contribution in [3.8, 4) is 11.5 Å². The summed E-state index contributed by atoms with van der Waals surface area (Å²) in [7, 11) is 0. The molecular formula is C16H11N3. The van der Waals surface area contributed by atoms with Gasteiger partial charge in [-0.05, 0) is 22.2 Å². The SMILES string of the molecule is c1ccc2c(c1)ccc1ccnc(-c3ncc[nH]3)c12. The number of imidazole rings is 1. The lowest BCUT2D eigenvalue weighted by Gasteiger charge is -2.07. The quantitative estimate of drug-likeness (QED) is 0.518. The molecule has 0 amide bonds. The zero-order chi connectivity index (χ0) is 12.7. The lowest BCUT2D eigenvalue weighted by atomic mass is 10.0. The van der Waals surface area contributed by atoms with Crippen LogP contribution in [0.3, 0.4) is 0 Å². The first kappa shape index (κ1) is 10.3. The molecule has 4 aromatic rings. The van der Waals surface area contributed by atoms with Crippen molar-refractivity contribution < 1.29 is 0 Å². The summed E-state index contributed by atoms with van der Waals surface area (Å²) in [5, 5.41) is 4.76. The third kappa shape index (κ3) is 1.52. The van der Waals surface area contributed by atoms with Crippen molar-refractivity contribution in [2.45, 2.75) is 0 Å². The second-order valence-corrected chi connectivity index (χ2v) is 4.48. The fraction of sp³-hybridized carbons (Fsp3) is 0. The Balaban J connectivity index is 2.22. The molecule has 0 unspecified atom stereocenters. The molecule has 0 bridgehead atoms. The third-order valence-corrected chi connectivity index (χ3v) is 3.38. The highest BCUT2D eigenvalue weighted by molar-refractivity contribution is 6.12. The molecule has 0 spiro atoms. The van der Waals surface area contributed by atoms with Crippen LogP contribution in [0.15, 0.2) is 61.1 Å². The molecule has 90 valence electrons. The number of aromatic nitrogens is 3. The van der Waals surface area contributed by atoms with Crippen LogP contribution in [-0.4, -0.2) is 15.0 Å². The molecule has 2 aromatic carbocycles. The van der Waals surface area contributed by atoms with Gasteiger partial charge in [-0.2, -0.15) is 0 Å². The van der Waals surface area contributed by atoms with Crippen LogP contribution in [0.4, 0.5) is 0 Å². The molecule has 19 heavy (non-hydrogen) atoms. The summed E-state index contributed by atoms with van der Waals surface area (Å²) < 4.78 is 0. The summed E-state index contributed by atoms with van der Waals surface area (Å²) in [6, 6.07) is 14.7. The fourth-order valence-corrected chi connectivity index (χ4v) is 2.52. The molecule has 0 aliphatic rings. The molecule has 1 N–H and O–H groups in total. The Morgan fingerprint density at radius 3 is 2.58 bits per heavy atom. The van der Waals surface area contributed by atoms with Gasteiger partial charge in [-0.1, -0.05) is 36.4 Å². The van der Waals surface area contributed by atoms with Gasteiger partial charge in [-0.15, -0.1) is 0 Å². The molecule has 0 aliphatic heterocycles. The van der Waals surface area contributed by atoms with Crippen molar-refractivity contribution in [1.29, 1.82) is 0 Å². The maximum atomic E-state index is 4.51. The molecule has 0 atom stereocenters. The minimum absolute atomic E-state index is 0.807. The van der Waals surface area contributed by atoms with Gasteiger partial charge in [0.1, 0.15) is 5.69 Å². The van der Waals surface area contributed by atoms with Gasteiger partial charge in [0.05, 0.1) is 0 Å². The van der Waals surface area contributed by atoms with Gasteiger partial charge >= 0.3 is 0 Å². The van der Waals surface area contributed by atoms with E-state index in [1.54, 1.807) is 6.20 Å². The van der Waals surface area contributed by atoms with Crippen LogP contribution in [-0.2, 0) is 0 Å². The van der Waals surface area contributed by atoms with Crippen LogP contribution in [0.2, 0.25) is 0 Å². The van der Waals surface area contributed by atoms with Crippen molar-refractivity contribution in [1.82, 2.24) is 15.0 Å². The first-order valence-electron chi connectivity index (χ1n) is 6.20. The van der Waals surface area contributed by atoms with Crippen molar-refractivity contribution in [2.75, 3.05) is 0 Å². The molecule has 3 nitrogen and oxygen atoms in total. The monoisotopic (exact) mass is 245 g/mol. The number of H-pyrrole nitrogens is 1. The standard InChI is InChI=1S/C16H11N3/c1-2-4-13-11(3-1)5-6-12-7-8-17-15(14(12)13)16-18-9-10-19-16/h1-10H,(H,18,19). The lowest BCUT2D eigenvalue weighted by Crippen LogP contribution is -1.89. The topological polar surface area (TPSA) is 41.6 Å². The summed E-state index contributed by atoms with van der Waals surface area (Å²) in [4.78, 5) is 12.0. The van der Waals surface area contributed by atoms with Gasteiger partial charge in [0.25, 0.3) is 0 Å². The Hall–Kier alpha value is -2.68. The third-order valence-electron chi connectivity index (χ3n) is 3.38. The summed E-state index contributed by atoms with van der Waals surface area (Å²) in [5.41, 5.74) is 0.902. The largest absolute Gasteiger partial charge is 0.343 e. The Morgan fingerprint density at radius 2 is 1.68 bits per heavy atom. The van der Waals surface area contributed by atoms with E-state index in [4.69, 9.17) is 0 Å². The molecule has 3 heteroatoms. The smallest absolute Gasteiger partial charge is 0.156 e. The summed E-state index contributed by atoms with van der Waals surface area (Å²) in [6.07, 6.45) is 5.40. The van der Waals surface area contributed by atoms with Crippen LogP contribution < -0.4 is 0 Å². The summed E-state index contributed by atoms with van der Waals surface area (Å²) >= 11 is 0. The lowest BCUT2D eigenvalue weighted by molar-refractivity contribution is 1.24. The predicted octanol–water partition coefficient (Wildman–Crippen LogP) is 3.78. The Morgan fingerprint density at radius 1 is 0.789 bits per heavy atom. The highest BCUT2D eigenvalue weighted by atomic mass is 14.9. The highest BCUT2D eigenvalue weighted by Crippen LogP contribution is 2.31. The first-order valence-corrected chi connectivity index (χ1v) is 6.20.